The van der Waals surface area contributed by atoms with Crippen molar-refractivity contribution in [2.24, 2.45) is 0 Å². The molecule has 17 heavy (non-hydrogen) atoms. The van der Waals surface area contributed by atoms with Crippen LogP contribution in [-0.2, 0) is 5.41 Å². The molecule has 1 aromatic heterocycles. The topological polar surface area (TPSA) is 37.8 Å². The maximum absolute atomic E-state index is 4.60. The van der Waals surface area contributed by atoms with Crippen molar-refractivity contribution in [3.05, 3.63) is 5.82 Å². The van der Waals surface area contributed by atoms with E-state index in [9.17, 15) is 0 Å². The molecule has 1 aromatic rings. The van der Waals surface area contributed by atoms with Gasteiger partial charge in [0.15, 0.2) is 0 Å². The van der Waals surface area contributed by atoms with Gasteiger partial charge in [-0.1, -0.05) is 27.2 Å². The van der Waals surface area contributed by atoms with Gasteiger partial charge in [-0.2, -0.15) is 16.1 Å². The van der Waals surface area contributed by atoms with Gasteiger partial charge < -0.3 is 5.32 Å². The lowest BCUT2D eigenvalue weighted by atomic mass is 9.96. The minimum absolute atomic E-state index is 0.0466. The Bertz CT molecular complexity index is 370. The lowest BCUT2D eigenvalue weighted by molar-refractivity contribution is 0.555. The van der Waals surface area contributed by atoms with Crippen LogP contribution in [0.5, 0.6) is 0 Å². The minimum Gasteiger partial charge on any atom is -0.356 e. The van der Waals surface area contributed by atoms with Crippen LogP contribution in [0, 0.1) is 0 Å². The fourth-order valence-corrected chi connectivity index (χ4v) is 3.87. The number of rotatable bonds is 3. The first-order chi connectivity index (χ1) is 8.00. The van der Waals surface area contributed by atoms with Crippen LogP contribution in [-0.4, -0.2) is 26.9 Å². The first kappa shape index (κ1) is 13.1. The molecule has 0 saturated heterocycles. The van der Waals surface area contributed by atoms with E-state index in [1.165, 1.54) is 30.8 Å². The average molecular weight is 271 g/mol. The van der Waals surface area contributed by atoms with E-state index < -0.39 is 0 Å². The fraction of sp³-hybridized carbons (Fsp3) is 0.833. The van der Waals surface area contributed by atoms with E-state index in [-0.39, 0.29) is 5.41 Å². The van der Waals surface area contributed by atoms with Gasteiger partial charge in [0.25, 0.3) is 0 Å². The van der Waals surface area contributed by atoms with E-state index >= 15 is 0 Å². The lowest BCUT2D eigenvalue weighted by Gasteiger charge is -2.18. The molecule has 1 N–H and O–H groups in total. The van der Waals surface area contributed by atoms with Gasteiger partial charge in [0.05, 0.1) is 0 Å². The molecule has 2 rings (SSSR count). The van der Waals surface area contributed by atoms with E-state index in [2.05, 4.69) is 41.7 Å². The molecule has 2 unspecified atom stereocenters. The zero-order chi connectivity index (χ0) is 12.5. The van der Waals surface area contributed by atoms with Crippen molar-refractivity contribution in [2.75, 3.05) is 11.6 Å². The number of thioether (sulfide) groups is 1. The Morgan fingerprint density at radius 3 is 2.71 bits per heavy atom. The highest BCUT2D eigenvalue weighted by molar-refractivity contribution is 7.99. The second-order valence-corrected chi connectivity index (χ2v) is 7.46. The SMILES string of the molecule is CSC1CCCC1Nc1nc(C(C)(C)C)ns1. The third-order valence-electron chi connectivity index (χ3n) is 3.16. The van der Waals surface area contributed by atoms with Crippen LogP contribution in [0.2, 0.25) is 0 Å². The Labute approximate surface area is 112 Å². The number of hydrogen-bond acceptors (Lipinski definition) is 5. The molecule has 1 saturated carbocycles. The second kappa shape index (κ2) is 5.14. The molecule has 0 radical (unpaired) electrons. The predicted molar refractivity (Wildman–Crippen MR) is 77.2 cm³/mol. The maximum Gasteiger partial charge on any atom is 0.202 e. The van der Waals surface area contributed by atoms with E-state index in [1.807, 2.05) is 11.8 Å². The molecular weight excluding hydrogens is 250 g/mol. The molecule has 0 spiro atoms. The van der Waals surface area contributed by atoms with E-state index in [0.29, 0.717) is 6.04 Å². The van der Waals surface area contributed by atoms with Gasteiger partial charge in [0.2, 0.25) is 5.13 Å². The molecule has 5 heteroatoms. The fourth-order valence-electron chi connectivity index (χ4n) is 2.12. The summed E-state index contributed by atoms with van der Waals surface area (Å²) in [5, 5.41) is 5.28. The average Bonchev–Trinajstić information content (AvgIpc) is 2.86. The van der Waals surface area contributed by atoms with Crippen LogP contribution in [0.3, 0.4) is 0 Å². The zero-order valence-corrected chi connectivity index (χ0v) is 12.6. The van der Waals surface area contributed by atoms with Gasteiger partial charge in [-0.3, -0.25) is 0 Å². The largest absolute Gasteiger partial charge is 0.356 e. The molecule has 1 aliphatic carbocycles. The molecule has 1 aliphatic rings. The van der Waals surface area contributed by atoms with Crippen LogP contribution < -0.4 is 5.32 Å². The monoisotopic (exact) mass is 271 g/mol. The molecule has 1 heterocycles. The second-order valence-electron chi connectivity index (χ2n) is 5.63. The van der Waals surface area contributed by atoms with Crippen LogP contribution in [0.25, 0.3) is 0 Å². The van der Waals surface area contributed by atoms with E-state index in [0.717, 1.165) is 16.2 Å². The van der Waals surface area contributed by atoms with E-state index in [4.69, 9.17) is 0 Å². The van der Waals surface area contributed by atoms with Crippen molar-refractivity contribution in [1.29, 1.82) is 0 Å². The first-order valence-corrected chi connectivity index (χ1v) is 8.20. The van der Waals surface area contributed by atoms with Gasteiger partial charge >= 0.3 is 0 Å². The van der Waals surface area contributed by atoms with E-state index in [1.54, 1.807) is 0 Å². The molecule has 2 atom stereocenters. The highest BCUT2D eigenvalue weighted by Gasteiger charge is 2.28. The summed E-state index contributed by atoms with van der Waals surface area (Å²) in [5.74, 6) is 0.948. The summed E-state index contributed by atoms with van der Waals surface area (Å²) >= 11 is 3.46. The molecule has 0 bridgehead atoms. The third-order valence-corrected chi connectivity index (χ3v) is 4.98. The van der Waals surface area contributed by atoms with Crippen molar-refractivity contribution in [3.8, 4) is 0 Å². The van der Waals surface area contributed by atoms with Gasteiger partial charge in [0.1, 0.15) is 5.82 Å². The van der Waals surface area contributed by atoms with Crippen LogP contribution >= 0.6 is 23.3 Å². The first-order valence-electron chi connectivity index (χ1n) is 6.14. The van der Waals surface area contributed by atoms with Crippen LogP contribution in [0.15, 0.2) is 0 Å². The summed E-state index contributed by atoms with van der Waals surface area (Å²) in [6.45, 7) is 6.46. The Kier molecular flexibility index (Phi) is 3.98. The molecule has 0 amide bonds. The molecule has 96 valence electrons. The van der Waals surface area contributed by atoms with Gasteiger partial charge in [0, 0.05) is 28.2 Å². The van der Waals surface area contributed by atoms with Crippen molar-refractivity contribution < 1.29 is 0 Å². The summed E-state index contributed by atoms with van der Waals surface area (Å²) in [4.78, 5) is 4.60. The summed E-state index contributed by atoms with van der Waals surface area (Å²) in [7, 11) is 0. The lowest BCUT2D eigenvalue weighted by Crippen LogP contribution is -2.25. The Balaban J connectivity index is 2.02. The zero-order valence-electron chi connectivity index (χ0n) is 11.0. The van der Waals surface area contributed by atoms with Gasteiger partial charge in [-0.25, -0.2) is 4.98 Å². The minimum atomic E-state index is 0.0466. The molecule has 1 fully saturated rings. The summed E-state index contributed by atoms with van der Waals surface area (Å²) < 4.78 is 4.44. The number of hydrogen-bond donors (Lipinski definition) is 1. The molecule has 0 aromatic carbocycles. The normalized spacial score (nSPS) is 25.2. The summed E-state index contributed by atoms with van der Waals surface area (Å²) in [6, 6.07) is 0.575. The maximum atomic E-state index is 4.60. The summed E-state index contributed by atoms with van der Waals surface area (Å²) in [5.41, 5.74) is 0.0466. The van der Waals surface area contributed by atoms with Crippen molar-refractivity contribution in [1.82, 2.24) is 9.36 Å². The van der Waals surface area contributed by atoms with Gasteiger partial charge in [-0.15, -0.1) is 0 Å². The predicted octanol–water partition coefficient (Wildman–Crippen LogP) is 3.53. The van der Waals surface area contributed by atoms with Crippen LogP contribution in [0.1, 0.15) is 45.9 Å². The highest BCUT2D eigenvalue weighted by Crippen LogP contribution is 2.32. The van der Waals surface area contributed by atoms with Gasteiger partial charge in [-0.05, 0) is 19.1 Å². The van der Waals surface area contributed by atoms with Crippen molar-refractivity contribution in [3.63, 3.8) is 0 Å². The number of aromatic nitrogens is 2. The number of nitrogens with one attached hydrogen (secondary N) is 1. The van der Waals surface area contributed by atoms with Crippen molar-refractivity contribution in [2.45, 2.75) is 56.7 Å². The smallest absolute Gasteiger partial charge is 0.202 e. The summed E-state index contributed by atoms with van der Waals surface area (Å²) in [6.07, 6.45) is 6.11. The quantitative estimate of drug-likeness (QED) is 0.912. The molecular formula is C12H21N3S2. The molecule has 0 aliphatic heterocycles. The van der Waals surface area contributed by atoms with Crippen LogP contribution in [0.4, 0.5) is 5.13 Å². The Hall–Kier alpha value is -0.290. The van der Waals surface area contributed by atoms with Crippen molar-refractivity contribution >= 4 is 28.4 Å². The Morgan fingerprint density at radius 1 is 1.35 bits per heavy atom. The number of anilines is 1. The standard InChI is InChI=1S/C12H21N3S2/c1-12(2,3)10-14-11(17-15-10)13-8-6-5-7-9(8)16-4/h8-9H,5-7H2,1-4H3,(H,13,14,15). The number of nitrogens with zero attached hydrogens (tertiary/aromatic N) is 2. The molecule has 3 nitrogen and oxygen atoms in total. The Morgan fingerprint density at radius 2 is 2.12 bits per heavy atom. The third kappa shape index (κ3) is 3.13. The highest BCUT2D eigenvalue weighted by atomic mass is 32.2.